The van der Waals surface area contributed by atoms with Crippen LogP contribution in [0.4, 0.5) is 19.0 Å². The third-order valence-electron chi connectivity index (χ3n) is 2.35. The molecule has 0 atom stereocenters. The van der Waals surface area contributed by atoms with Crippen molar-refractivity contribution in [1.82, 2.24) is 10.2 Å². The van der Waals surface area contributed by atoms with E-state index in [2.05, 4.69) is 19.8 Å². The van der Waals surface area contributed by atoms with Crippen LogP contribution < -0.4 is 5.32 Å². The van der Waals surface area contributed by atoms with Crippen LogP contribution in [0.2, 0.25) is 0 Å². The highest BCUT2D eigenvalue weighted by Crippen LogP contribution is 2.22. The Morgan fingerprint density at radius 2 is 2.16 bits per heavy atom. The number of amides is 1. The van der Waals surface area contributed by atoms with Crippen LogP contribution in [0.15, 0.2) is 16.9 Å². The fraction of sp³-hybridized carbons (Fsp3) is 0.444. The van der Waals surface area contributed by atoms with E-state index < -0.39 is 24.0 Å². The molecule has 0 aromatic carbocycles. The maximum absolute atomic E-state index is 11.9. The van der Waals surface area contributed by atoms with Crippen LogP contribution >= 0.6 is 0 Å². The molecular weight excluding hydrogens is 271 g/mol. The van der Waals surface area contributed by atoms with Crippen molar-refractivity contribution in [2.75, 3.05) is 18.4 Å². The Kier molecular flexibility index (Phi) is 3.42. The average Bonchev–Trinajstić information content (AvgIpc) is 2.73. The first kappa shape index (κ1) is 13.3. The smallest absolute Gasteiger partial charge is 0.363 e. The summed E-state index contributed by atoms with van der Waals surface area (Å²) in [5.41, 5.74) is 0. The number of anilines is 1. The van der Waals surface area contributed by atoms with Gasteiger partial charge in [-0.2, -0.15) is 13.2 Å². The van der Waals surface area contributed by atoms with E-state index >= 15 is 0 Å². The fourth-order valence-corrected chi connectivity index (χ4v) is 1.35. The minimum absolute atomic E-state index is 0.106. The highest BCUT2D eigenvalue weighted by atomic mass is 19.4. The molecule has 0 bridgehead atoms. The molecule has 0 radical (unpaired) electrons. The van der Waals surface area contributed by atoms with Gasteiger partial charge in [0.05, 0.1) is 5.92 Å². The molecule has 2 heterocycles. The molecule has 0 spiro atoms. The van der Waals surface area contributed by atoms with E-state index in [4.69, 9.17) is 0 Å². The van der Waals surface area contributed by atoms with Crippen molar-refractivity contribution in [2.24, 2.45) is 5.92 Å². The standard InChI is InChI=1S/C9H8F3N3O4/c10-9(11,12)8(17)19-15-3-5(4-15)7(16)13-6-1-2-18-14-6/h1-2,5H,3-4H2,(H,13,14,16). The van der Waals surface area contributed by atoms with Gasteiger partial charge in [-0.15, -0.1) is 5.06 Å². The van der Waals surface area contributed by atoms with E-state index in [1.165, 1.54) is 12.3 Å². The van der Waals surface area contributed by atoms with E-state index in [1.807, 2.05) is 0 Å². The van der Waals surface area contributed by atoms with Gasteiger partial charge in [0.25, 0.3) is 0 Å². The number of rotatable bonds is 3. The van der Waals surface area contributed by atoms with Crippen LogP contribution in [-0.4, -0.2) is 41.4 Å². The quantitative estimate of drug-likeness (QED) is 0.870. The van der Waals surface area contributed by atoms with Crippen LogP contribution in [0.1, 0.15) is 0 Å². The van der Waals surface area contributed by atoms with Crippen LogP contribution in [0.25, 0.3) is 0 Å². The Morgan fingerprint density at radius 1 is 1.47 bits per heavy atom. The summed E-state index contributed by atoms with van der Waals surface area (Å²) in [6.07, 6.45) is -3.79. The molecule has 0 unspecified atom stereocenters. The lowest BCUT2D eigenvalue weighted by molar-refractivity contribution is -0.256. The average molecular weight is 279 g/mol. The number of carbonyl (C=O) groups excluding carboxylic acids is 2. The summed E-state index contributed by atoms with van der Waals surface area (Å²) in [5.74, 6) is -3.11. The minimum atomic E-state index is -5.05. The Balaban J connectivity index is 1.74. The van der Waals surface area contributed by atoms with Crippen LogP contribution in [0, 0.1) is 5.92 Å². The molecule has 1 aromatic rings. The Morgan fingerprint density at radius 3 is 2.68 bits per heavy atom. The van der Waals surface area contributed by atoms with Crippen molar-refractivity contribution in [3.8, 4) is 0 Å². The summed E-state index contributed by atoms with van der Waals surface area (Å²) in [4.78, 5) is 26.0. The summed E-state index contributed by atoms with van der Waals surface area (Å²) in [7, 11) is 0. The summed E-state index contributed by atoms with van der Waals surface area (Å²) >= 11 is 0. The van der Waals surface area contributed by atoms with Gasteiger partial charge >= 0.3 is 12.1 Å². The lowest BCUT2D eigenvalue weighted by atomic mass is 10.0. The number of nitrogens with one attached hydrogen (secondary N) is 1. The molecule has 1 amide bonds. The van der Waals surface area contributed by atoms with Gasteiger partial charge in [0.2, 0.25) is 5.91 Å². The van der Waals surface area contributed by atoms with Crippen molar-refractivity contribution < 1.29 is 32.1 Å². The molecule has 0 saturated carbocycles. The Hall–Kier alpha value is -2.10. The summed E-state index contributed by atoms with van der Waals surface area (Å²) in [5, 5.41) is 6.60. The molecule has 1 fully saturated rings. The molecule has 1 saturated heterocycles. The number of nitrogens with zero attached hydrogens (tertiary/aromatic N) is 2. The van der Waals surface area contributed by atoms with Crippen molar-refractivity contribution in [3.05, 3.63) is 12.3 Å². The topological polar surface area (TPSA) is 84.7 Å². The lowest BCUT2D eigenvalue weighted by Gasteiger charge is -2.35. The van der Waals surface area contributed by atoms with E-state index in [-0.39, 0.29) is 18.9 Å². The third-order valence-corrected chi connectivity index (χ3v) is 2.35. The molecule has 1 aliphatic rings. The van der Waals surface area contributed by atoms with Crippen molar-refractivity contribution in [1.29, 1.82) is 0 Å². The van der Waals surface area contributed by atoms with Gasteiger partial charge in [-0.1, -0.05) is 5.16 Å². The number of halogens is 3. The second kappa shape index (κ2) is 4.88. The minimum Gasteiger partial charge on any atom is -0.363 e. The number of alkyl halides is 3. The number of carbonyl (C=O) groups is 2. The van der Waals surface area contributed by atoms with Gasteiger partial charge in [-0.3, -0.25) is 4.79 Å². The molecule has 104 valence electrons. The van der Waals surface area contributed by atoms with Crippen molar-refractivity contribution >= 4 is 17.7 Å². The molecule has 10 heteroatoms. The first-order valence-corrected chi connectivity index (χ1v) is 5.11. The summed E-state index contributed by atoms with van der Waals surface area (Å²) in [6, 6.07) is 1.41. The van der Waals surface area contributed by atoms with E-state index in [1.54, 1.807) is 0 Å². The van der Waals surface area contributed by atoms with Crippen molar-refractivity contribution in [2.45, 2.75) is 6.18 Å². The first-order valence-electron chi connectivity index (χ1n) is 5.11. The maximum atomic E-state index is 11.9. The summed E-state index contributed by atoms with van der Waals surface area (Å²) < 4.78 is 40.1. The molecule has 1 N–H and O–H groups in total. The number of aromatic nitrogens is 1. The van der Waals surface area contributed by atoms with Gasteiger partial charge in [-0.25, -0.2) is 4.79 Å². The van der Waals surface area contributed by atoms with Gasteiger partial charge in [-0.05, 0) is 0 Å². The molecule has 7 nitrogen and oxygen atoms in total. The molecular formula is C9H8F3N3O4. The van der Waals surface area contributed by atoms with Gasteiger partial charge in [0, 0.05) is 19.2 Å². The molecule has 1 aliphatic heterocycles. The lowest BCUT2D eigenvalue weighted by Crippen LogP contribution is -2.53. The molecule has 19 heavy (non-hydrogen) atoms. The van der Waals surface area contributed by atoms with Crippen LogP contribution in [0.3, 0.4) is 0 Å². The SMILES string of the molecule is O=C(Nc1ccon1)C1CN(OC(=O)C(F)(F)F)C1. The monoisotopic (exact) mass is 279 g/mol. The number of hydrogen-bond acceptors (Lipinski definition) is 6. The van der Waals surface area contributed by atoms with E-state index in [0.29, 0.717) is 0 Å². The van der Waals surface area contributed by atoms with E-state index in [9.17, 15) is 22.8 Å². The Bertz CT molecular complexity index is 468. The zero-order valence-corrected chi connectivity index (χ0v) is 9.31. The number of hydroxylamine groups is 2. The largest absolute Gasteiger partial charge is 0.492 e. The molecule has 0 aliphatic carbocycles. The predicted molar refractivity (Wildman–Crippen MR) is 52.3 cm³/mol. The molecule has 1 aromatic heterocycles. The third kappa shape index (κ3) is 3.22. The van der Waals surface area contributed by atoms with Crippen LogP contribution in [0.5, 0.6) is 0 Å². The highest BCUT2D eigenvalue weighted by molar-refractivity contribution is 5.92. The maximum Gasteiger partial charge on any atom is 0.492 e. The second-order valence-corrected chi connectivity index (χ2v) is 3.79. The molecule has 2 rings (SSSR count). The van der Waals surface area contributed by atoms with Crippen LogP contribution in [-0.2, 0) is 14.4 Å². The van der Waals surface area contributed by atoms with Gasteiger partial charge in [0.1, 0.15) is 6.26 Å². The van der Waals surface area contributed by atoms with E-state index in [0.717, 1.165) is 5.06 Å². The normalized spacial score (nSPS) is 16.8. The van der Waals surface area contributed by atoms with Crippen molar-refractivity contribution in [3.63, 3.8) is 0 Å². The van der Waals surface area contributed by atoms with Gasteiger partial charge < -0.3 is 14.7 Å². The zero-order chi connectivity index (χ0) is 14.0. The van der Waals surface area contributed by atoms with Gasteiger partial charge in [0.15, 0.2) is 5.82 Å². The Labute approximate surface area is 104 Å². The highest BCUT2D eigenvalue weighted by Gasteiger charge is 2.45. The first-order chi connectivity index (χ1) is 8.86. The zero-order valence-electron chi connectivity index (χ0n) is 9.31. The number of hydrogen-bond donors (Lipinski definition) is 1. The predicted octanol–water partition coefficient (Wildman–Crippen LogP) is 0.565. The fourth-order valence-electron chi connectivity index (χ4n) is 1.35. The second-order valence-electron chi connectivity index (χ2n) is 3.79. The summed E-state index contributed by atoms with van der Waals surface area (Å²) in [6.45, 7) is -0.211.